The third-order valence-corrected chi connectivity index (χ3v) is 2.09. The van der Waals surface area contributed by atoms with Crippen LogP contribution < -0.4 is 9.27 Å². The summed E-state index contributed by atoms with van der Waals surface area (Å²) in [6, 6.07) is 2.03. The first kappa shape index (κ1) is 14.0. The lowest BCUT2D eigenvalue weighted by Gasteiger charge is -2.04. The van der Waals surface area contributed by atoms with E-state index in [0.717, 1.165) is 11.1 Å². The lowest BCUT2D eigenvalue weighted by molar-refractivity contribution is -0.682. The zero-order valence-electron chi connectivity index (χ0n) is 9.17. The highest BCUT2D eigenvalue weighted by molar-refractivity contribution is 6.40. The van der Waals surface area contributed by atoms with E-state index in [1.165, 1.54) is 0 Å². The van der Waals surface area contributed by atoms with Crippen LogP contribution in [-0.2, 0) is 6.44 Å². The Morgan fingerprint density at radius 3 is 2.40 bits per heavy atom. The Morgan fingerprint density at radius 1 is 1.33 bits per heavy atom. The molecule has 0 bridgehead atoms. The van der Waals surface area contributed by atoms with Crippen LogP contribution >= 0.6 is 0 Å². The van der Waals surface area contributed by atoms with E-state index < -0.39 is 7.27 Å². The van der Waals surface area contributed by atoms with Gasteiger partial charge in [-0.1, -0.05) is 13.8 Å². The summed E-state index contributed by atoms with van der Waals surface area (Å²) in [5.74, 6) is 0.374. The highest BCUT2D eigenvalue weighted by Crippen LogP contribution is 2.12. The van der Waals surface area contributed by atoms with Gasteiger partial charge in [0.2, 0.25) is 0 Å². The van der Waals surface area contributed by atoms with Crippen molar-refractivity contribution in [1.82, 2.24) is 0 Å². The standard InChI is InChI=1S/C10H15BF2N.FH/c1-8(2)10-4-9(3)5-14(6-10)7-11(12)13;/h4-6,8H,7H2,1-3H3;1H/q+1;/p-1. The molecule has 0 radical (unpaired) electrons. The molecule has 0 aromatic carbocycles. The lowest BCUT2D eigenvalue weighted by Crippen LogP contribution is -3.00. The van der Waals surface area contributed by atoms with E-state index in [1.807, 2.05) is 13.0 Å². The van der Waals surface area contributed by atoms with Crippen molar-refractivity contribution in [3.63, 3.8) is 0 Å². The highest BCUT2D eigenvalue weighted by atomic mass is 19.2. The molecule has 0 atom stereocenters. The highest BCUT2D eigenvalue weighted by Gasteiger charge is 2.20. The van der Waals surface area contributed by atoms with Crippen LogP contribution in [0.2, 0.25) is 0 Å². The van der Waals surface area contributed by atoms with Crippen molar-refractivity contribution in [2.45, 2.75) is 33.1 Å². The van der Waals surface area contributed by atoms with Gasteiger partial charge in [-0.15, -0.1) is 0 Å². The number of halogens is 3. The average molecular weight is 217 g/mol. The molecule has 1 rings (SSSR count). The molecule has 0 aliphatic rings. The molecule has 1 heterocycles. The first-order valence-corrected chi connectivity index (χ1v) is 4.78. The summed E-state index contributed by atoms with van der Waals surface area (Å²) in [4.78, 5) is 0. The van der Waals surface area contributed by atoms with Crippen LogP contribution in [0.15, 0.2) is 18.5 Å². The summed E-state index contributed by atoms with van der Waals surface area (Å²) in [5, 5.41) is 0. The quantitative estimate of drug-likeness (QED) is 0.469. The molecule has 0 aliphatic heterocycles. The van der Waals surface area contributed by atoms with Gasteiger partial charge >= 0.3 is 7.27 Å². The Kier molecular flexibility index (Phi) is 5.40. The van der Waals surface area contributed by atoms with Crippen LogP contribution in [0.25, 0.3) is 0 Å². The summed E-state index contributed by atoms with van der Waals surface area (Å²) < 4.78 is 25.9. The first-order chi connectivity index (χ1) is 6.49. The van der Waals surface area contributed by atoms with E-state index >= 15 is 0 Å². The van der Waals surface area contributed by atoms with E-state index in [0.29, 0.717) is 5.92 Å². The minimum absolute atomic E-state index is 0. The topological polar surface area (TPSA) is 3.88 Å². The Bertz CT molecular complexity index is 316. The Labute approximate surface area is 88.7 Å². The van der Waals surface area contributed by atoms with Crippen LogP contribution in [-0.4, -0.2) is 7.27 Å². The van der Waals surface area contributed by atoms with Crippen LogP contribution in [0.3, 0.4) is 0 Å². The van der Waals surface area contributed by atoms with Gasteiger partial charge in [0.05, 0.1) is 0 Å². The van der Waals surface area contributed by atoms with Crippen molar-refractivity contribution < 1.29 is 17.9 Å². The fourth-order valence-corrected chi connectivity index (χ4v) is 1.41. The maximum absolute atomic E-state index is 12.2. The molecule has 0 saturated carbocycles. The molecule has 0 spiro atoms. The van der Waals surface area contributed by atoms with Gasteiger partial charge in [-0.2, -0.15) is 0 Å². The second-order valence-corrected chi connectivity index (χ2v) is 3.89. The number of hydrogen-bond donors (Lipinski definition) is 0. The molecule has 84 valence electrons. The van der Waals surface area contributed by atoms with Gasteiger partial charge in [0.15, 0.2) is 18.8 Å². The van der Waals surface area contributed by atoms with E-state index in [1.54, 1.807) is 17.0 Å². The fraction of sp³-hybridized carbons (Fsp3) is 0.500. The molecule has 15 heavy (non-hydrogen) atoms. The van der Waals surface area contributed by atoms with Gasteiger partial charge in [0, 0.05) is 11.1 Å². The van der Waals surface area contributed by atoms with Gasteiger partial charge < -0.3 is 4.70 Å². The Balaban J connectivity index is 0.00000196. The minimum Gasteiger partial charge on any atom is -1.00 e. The molecule has 1 nitrogen and oxygen atoms in total. The van der Waals surface area contributed by atoms with Gasteiger partial charge in [-0.3, -0.25) is 8.63 Å². The molecule has 0 amide bonds. The molecule has 5 heteroatoms. The maximum atomic E-state index is 12.2. The number of rotatable bonds is 3. The second kappa shape index (κ2) is 5.78. The molecule has 0 N–H and O–H groups in total. The van der Waals surface area contributed by atoms with Crippen molar-refractivity contribution in [3.05, 3.63) is 29.6 Å². The molecule has 0 fully saturated rings. The maximum Gasteiger partial charge on any atom is 0.604 e. The lowest BCUT2D eigenvalue weighted by atomic mass is 9.98. The van der Waals surface area contributed by atoms with Crippen LogP contribution in [0.4, 0.5) is 8.63 Å². The van der Waals surface area contributed by atoms with Crippen molar-refractivity contribution >= 4 is 7.27 Å². The minimum atomic E-state index is -2.29. The van der Waals surface area contributed by atoms with Crippen LogP contribution in [0, 0.1) is 6.92 Å². The monoisotopic (exact) mass is 217 g/mol. The normalized spacial score (nSPS) is 10.0. The average Bonchev–Trinajstić information content (AvgIpc) is 2.01. The molecule has 0 saturated heterocycles. The predicted molar refractivity (Wildman–Crippen MR) is 53.4 cm³/mol. The first-order valence-electron chi connectivity index (χ1n) is 4.78. The predicted octanol–water partition coefficient (Wildman–Crippen LogP) is -0.624. The Hall–Kier alpha value is -0.995. The summed E-state index contributed by atoms with van der Waals surface area (Å²) in [6.07, 6.45) is 3.32. The molecule has 1 aromatic heterocycles. The number of pyridine rings is 1. The number of aromatic nitrogens is 1. The number of nitrogens with zero attached hydrogens (tertiary/aromatic N) is 1. The third kappa shape index (κ3) is 4.36. The van der Waals surface area contributed by atoms with Gasteiger partial charge in [0.25, 0.3) is 0 Å². The molecular formula is C10H15BF3N. The second-order valence-electron chi connectivity index (χ2n) is 3.89. The van der Waals surface area contributed by atoms with E-state index in [2.05, 4.69) is 13.8 Å². The fourth-order valence-electron chi connectivity index (χ4n) is 1.41. The number of aryl methyl sites for hydroxylation is 1. The summed E-state index contributed by atoms with van der Waals surface area (Å²) in [7, 11) is -2.29. The SMILES string of the molecule is Cc1cc(C(C)C)c[n+](CB(F)F)c1.[F-]. The smallest absolute Gasteiger partial charge is 0.604 e. The van der Waals surface area contributed by atoms with Crippen LogP contribution in [0.5, 0.6) is 0 Å². The van der Waals surface area contributed by atoms with Crippen molar-refractivity contribution in [1.29, 1.82) is 0 Å². The van der Waals surface area contributed by atoms with Gasteiger partial charge in [-0.05, 0) is 18.9 Å². The van der Waals surface area contributed by atoms with Gasteiger partial charge in [-0.25, -0.2) is 4.57 Å². The van der Waals surface area contributed by atoms with E-state index in [-0.39, 0.29) is 11.1 Å². The van der Waals surface area contributed by atoms with Crippen molar-refractivity contribution in [3.8, 4) is 0 Å². The van der Waals surface area contributed by atoms with Gasteiger partial charge in [0.1, 0.15) is 0 Å². The summed E-state index contributed by atoms with van der Waals surface area (Å²) in [6.45, 7) is 6.04. The summed E-state index contributed by atoms with van der Waals surface area (Å²) in [5.41, 5.74) is 2.13. The van der Waals surface area contributed by atoms with E-state index in [4.69, 9.17) is 0 Å². The third-order valence-electron chi connectivity index (χ3n) is 2.09. The number of hydrogen-bond acceptors (Lipinski definition) is 0. The molecular weight excluding hydrogens is 202 g/mol. The summed E-state index contributed by atoms with van der Waals surface area (Å²) >= 11 is 0. The zero-order valence-corrected chi connectivity index (χ0v) is 9.17. The zero-order chi connectivity index (χ0) is 10.7. The van der Waals surface area contributed by atoms with Crippen LogP contribution in [0.1, 0.15) is 30.9 Å². The molecule has 0 aliphatic carbocycles. The molecule has 1 aromatic rings. The van der Waals surface area contributed by atoms with Crippen molar-refractivity contribution in [2.24, 2.45) is 0 Å². The Morgan fingerprint density at radius 2 is 1.93 bits per heavy atom. The van der Waals surface area contributed by atoms with E-state index in [9.17, 15) is 8.63 Å². The van der Waals surface area contributed by atoms with Crippen molar-refractivity contribution in [2.75, 3.05) is 0 Å². The molecule has 0 unspecified atom stereocenters. The largest absolute Gasteiger partial charge is 1.00 e.